The smallest absolute Gasteiger partial charge is 0.278 e. The molecule has 0 aliphatic carbocycles. The van der Waals surface area contributed by atoms with E-state index in [2.05, 4.69) is 24.1 Å². The normalized spacial score (nSPS) is 13.8. The van der Waals surface area contributed by atoms with Gasteiger partial charge in [-0.05, 0) is 69.7 Å². The maximum absolute atomic E-state index is 12.9. The number of likely N-dealkylation sites (N-methyl/N-ethyl adjacent to an activating group) is 1. The Bertz CT molecular complexity index is 929. The predicted molar refractivity (Wildman–Crippen MR) is 121 cm³/mol. The Morgan fingerprint density at radius 1 is 0.867 bits per heavy atom. The maximum atomic E-state index is 12.9. The summed E-state index contributed by atoms with van der Waals surface area (Å²) in [5.41, 5.74) is 3.27. The molecular weight excluding hydrogens is 378 g/mol. The summed E-state index contributed by atoms with van der Waals surface area (Å²) < 4.78 is 5.49. The van der Waals surface area contributed by atoms with E-state index < -0.39 is 0 Å². The highest BCUT2D eigenvalue weighted by Crippen LogP contribution is 2.31. The van der Waals surface area contributed by atoms with Gasteiger partial charge in [0, 0.05) is 31.0 Å². The largest absolute Gasteiger partial charge is 0.494 e. The molecule has 2 aromatic rings. The molecule has 6 nitrogen and oxygen atoms in total. The van der Waals surface area contributed by atoms with E-state index in [0.717, 1.165) is 30.2 Å². The predicted octanol–water partition coefficient (Wildman–Crippen LogP) is 4.14. The number of carbonyl (C=O) groups is 2. The van der Waals surface area contributed by atoms with Crippen molar-refractivity contribution in [3.05, 3.63) is 59.8 Å². The number of rotatable bonds is 9. The van der Waals surface area contributed by atoms with Crippen molar-refractivity contribution in [3.63, 3.8) is 0 Å². The summed E-state index contributed by atoms with van der Waals surface area (Å²) in [4.78, 5) is 29.4. The second-order valence-electron chi connectivity index (χ2n) is 6.91. The first-order valence-corrected chi connectivity index (χ1v) is 10.5. The van der Waals surface area contributed by atoms with Crippen LogP contribution >= 0.6 is 0 Å². The van der Waals surface area contributed by atoms with Gasteiger partial charge in [0.15, 0.2) is 0 Å². The Hall–Kier alpha value is -3.28. The van der Waals surface area contributed by atoms with Gasteiger partial charge in [0.2, 0.25) is 0 Å². The van der Waals surface area contributed by atoms with E-state index in [9.17, 15) is 9.59 Å². The molecule has 2 aromatic carbocycles. The van der Waals surface area contributed by atoms with Gasteiger partial charge < -0.3 is 15.0 Å². The van der Waals surface area contributed by atoms with E-state index in [0.29, 0.717) is 30.0 Å². The lowest BCUT2D eigenvalue weighted by Gasteiger charge is -2.21. The number of imide groups is 1. The first-order chi connectivity index (χ1) is 14.5. The first kappa shape index (κ1) is 21.4. The van der Waals surface area contributed by atoms with E-state index >= 15 is 0 Å². The average molecular weight is 408 g/mol. The van der Waals surface area contributed by atoms with Crippen LogP contribution in [0.1, 0.15) is 33.3 Å². The Morgan fingerprint density at radius 2 is 1.50 bits per heavy atom. The van der Waals surface area contributed by atoms with Gasteiger partial charge in [-0.1, -0.05) is 12.1 Å². The standard InChI is InChI=1S/C24H29N3O3/c1-5-26(6-2)19-13-11-18(12-14-19)25-22-21(23(28)27(7-3)24(22)29)17-9-15-20(16-10-17)30-8-4/h9-16,25H,5-8H2,1-4H3. The third kappa shape index (κ3) is 4.17. The van der Waals surface area contributed by atoms with E-state index in [-0.39, 0.29) is 11.8 Å². The first-order valence-electron chi connectivity index (χ1n) is 10.5. The zero-order chi connectivity index (χ0) is 21.7. The molecular formula is C24H29N3O3. The second-order valence-corrected chi connectivity index (χ2v) is 6.91. The van der Waals surface area contributed by atoms with Gasteiger partial charge in [-0.15, -0.1) is 0 Å². The minimum absolute atomic E-state index is 0.283. The molecule has 0 aromatic heterocycles. The summed E-state index contributed by atoms with van der Waals surface area (Å²) in [5.74, 6) is 0.139. The zero-order valence-electron chi connectivity index (χ0n) is 18.1. The van der Waals surface area contributed by atoms with Crippen molar-refractivity contribution in [2.75, 3.05) is 36.5 Å². The van der Waals surface area contributed by atoms with Crippen molar-refractivity contribution in [1.82, 2.24) is 4.90 Å². The van der Waals surface area contributed by atoms with Crippen LogP contribution in [-0.4, -0.2) is 43.0 Å². The quantitative estimate of drug-likeness (QED) is 0.633. The zero-order valence-corrected chi connectivity index (χ0v) is 18.1. The van der Waals surface area contributed by atoms with Crippen LogP contribution in [0.5, 0.6) is 5.75 Å². The highest BCUT2D eigenvalue weighted by Gasteiger charge is 2.38. The molecule has 6 heteroatoms. The summed E-state index contributed by atoms with van der Waals surface area (Å²) in [6.07, 6.45) is 0. The van der Waals surface area contributed by atoms with Crippen LogP contribution in [-0.2, 0) is 9.59 Å². The minimum Gasteiger partial charge on any atom is -0.494 e. The number of hydrogen-bond acceptors (Lipinski definition) is 5. The molecule has 0 saturated carbocycles. The van der Waals surface area contributed by atoms with Crippen molar-refractivity contribution in [1.29, 1.82) is 0 Å². The van der Waals surface area contributed by atoms with Gasteiger partial charge in [0.05, 0.1) is 12.2 Å². The number of nitrogens with one attached hydrogen (secondary N) is 1. The lowest BCUT2D eigenvalue weighted by atomic mass is 10.0. The van der Waals surface area contributed by atoms with Crippen molar-refractivity contribution < 1.29 is 14.3 Å². The van der Waals surface area contributed by atoms with Gasteiger partial charge in [-0.2, -0.15) is 0 Å². The van der Waals surface area contributed by atoms with Crippen LogP contribution in [0.4, 0.5) is 11.4 Å². The Labute approximate surface area is 178 Å². The average Bonchev–Trinajstić information content (AvgIpc) is 3.00. The molecule has 1 aliphatic heterocycles. The van der Waals surface area contributed by atoms with Crippen LogP contribution < -0.4 is 15.0 Å². The summed E-state index contributed by atoms with van der Waals surface area (Å²) >= 11 is 0. The van der Waals surface area contributed by atoms with E-state index in [1.165, 1.54) is 4.90 Å². The van der Waals surface area contributed by atoms with Gasteiger partial charge in [-0.25, -0.2) is 0 Å². The number of carbonyl (C=O) groups excluding carboxylic acids is 2. The number of benzene rings is 2. The monoisotopic (exact) mass is 407 g/mol. The molecule has 1 heterocycles. The van der Waals surface area contributed by atoms with E-state index in [1.54, 1.807) is 6.92 Å². The van der Waals surface area contributed by atoms with E-state index in [1.807, 2.05) is 55.5 Å². The Kier molecular flexibility index (Phi) is 6.77. The number of hydrogen-bond donors (Lipinski definition) is 1. The van der Waals surface area contributed by atoms with Crippen LogP contribution in [0.25, 0.3) is 5.57 Å². The molecule has 2 amide bonds. The highest BCUT2D eigenvalue weighted by atomic mass is 16.5. The van der Waals surface area contributed by atoms with Crippen LogP contribution in [0, 0.1) is 0 Å². The van der Waals surface area contributed by atoms with Crippen LogP contribution in [0.2, 0.25) is 0 Å². The molecule has 0 radical (unpaired) electrons. The number of amides is 2. The lowest BCUT2D eigenvalue weighted by Crippen LogP contribution is -2.32. The number of nitrogens with zero attached hydrogens (tertiary/aromatic N) is 2. The van der Waals surface area contributed by atoms with Crippen molar-refractivity contribution >= 4 is 28.8 Å². The van der Waals surface area contributed by atoms with Crippen molar-refractivity contribution in [3.8, 4) is 5.75 Å². The van der Waals surface area contributed by atoms with Gasteiger partial charge in [0.25, 0.3) is 11.8 Å². The molecule has 3 rings (SSSR count). The second kappa shape index (κ2) is 9.48. The van der Waals surface area contributed by atoms with Crippen molar-refractivity contribution in [2.24, 2.45) is 0 Å². The summed E-state index contributed by atoms with van der Waals surface area (Å²) in [6, 6.07) is 15.2. The molecule has 0 fully saturated rings. The molecule has 1 aliphatic rings. The maximum Gasteiger partial charge on any atom is 0.278 e. The van der Waals surface area contributed by atoms with Crippen LogP contribution in [0.15, 0.2) is 54.2 Å². The molecule has 0 bridgehead atoms. The Balaban J connectivity index is 1.95. The molecule has 30 heavy (non-hydrogen) atoms. The third-order valence-electron chi connectivity index (χ3n) is 5.20. The fraction of sp³-hybridized carbons (Fsp3) is 0.333. The highest BCUT2D eigenvalue weighted by molar-refractivity contribution is 6.36. The van der Waals surface area contributed by atoms with Gasteiger partial charge >= 0.3 is 0 Å². The summed E-state index contributed by atoms with van der Waals surface area (Å²) in [7, 11) is 0. The molecule has 0 atom stereocenters. The summed E-state index contributed by atoms with van der Waals surface area (Å²) in [6.45, 7) is 10.7. The molecule has 0 spiro atoms. The molecule has 0 unspecified atom stereocenters. The number of ether oxygens (including phenoxy) is 1. The fourth-order valence-electron chi connectivity index (χ4n) is 3.62. The minimum atomic E-state index is -0.306. The van der Waals surface area contributed by atoms with Crippen LogP contribution in [0.3, 0.4) is 0 Å². The van der Waals surface area contributed by atoms with Gasteiger partial charge in [-0.3, -0.25) is 14.5 Å². The molecule has 158 valence electrons. The van der Waals surface area contributed by atoms with Gasteiger partial charge in [0.1, 0.15) is 11.4 Å². The topological polar surface area (TPSA) is 61.9 Å². The molecule has 0 saturated heterocycles. The molecule has 1 N–H and O–H groups in total. The third-order valence-corrected chi connectivity index (χ3v) is 5.20. The Morgan fingerprint density at radius 3 is 2.03 bits per heavy atom. The van der Waals surface area contributed by atoms with Crippen molar-refractivity contribution in [2.45, 2.75) is 27.7 Å². The fourth-order valence-corrected chi connectivity index (χ4v) is 3.62. The lowest BCUT2D eigenvalue weighted by molar-refractivity contribution is -0.136. The SMILES string of the molecule is CCOc1ccc(C2=C(Nc3ccc(N(CC)CC)cc3)C(=O)N(CC)C2=O)cc1. The van der Waals surface area contributed by atoms with E-state index in [4.69, 9.17) is 4.74 Å². The summed E-state index contributed by atoms with van der Waals surface area (Å²) in [5, 5.41) is 3.19. The number of anilines is 2.